The van der Waals surface area contributed by atoms with E-state index in [0.717, 1.165) is 16.3 Å². The third kappa shape index (κ3) is 4.27. The summed E-state index contributed by atoms with van der Waals surface area (Å²) in [5.74, 6) is 1.36. The summed E-state index contributed by atoms with van der Waals surface area (Å²) in [6, 6.07) is 23.4. The van der Waals surface area contributed by atoms with Crippen molar-refractivity contribution in [3.05, 3.63) is 78.7 Å². The quantitative estimate of drug-likeness (QED) is 0.493. The molecule has 3 aromatic carbocycles. The van der Waals surface area contributed by atoms with Gasteiger partial charge in [0.2, 0.25) is 11.7 Å². The average Bonchev–Trinajstić information content (AvgIpc) is 3.22. The fourth-order valence-electron chi connectivity index (χ4n) is 3.11. The van der Waals surface area contributed by atoms with Gasteiger partial charge >= 0.3 is 0 Å². The number of aromatic nitrogens is 2. The van der Waals surface area contributed by atoms with Gasteiger partial charge in [-0.15, -0.1) is 0 Å². The smallest absolute Gasteiger partial charge is 0.263 e. The fraction of sp³-hybridized carbons (Fsp3) is 0.174. The summed E-state index contributed by atoms with van der Waals surface area (Å²) in [5.41, 5.74) is 0.865. The summed E-state index contributed by atoms with van der Waals surface area (Å²) in [6.07, 6.45) is -0.641. The van der Waals surface area contributed by atoms with Gasteiger partial charge in [-0.05, 0) is 29.8 Å². The van der Waals surface area contributed by atoms with Gasteiger partial charge in [0.05, 0.1) is 6.54 Å². The van der Waals surface area contributed by atoms with E-state index in [1.54, 1.807) is 14.0 Å². The van der Waals surface area contributed by atoms with Crippen molar-refractivity contribution in [3.8, 4) is 17.1 Å². The van der Waals surface area contributed by atoms with Gasteiger partial charge in [-0.2, -0.15) is 4.98 Å². The summed E-state index contributed by atoms with van der Waals surface area (Å²) in [6.45, 7) is 1.95. The monoisotopic (exact) mass is 387 g/mol. The molecule has 0 spiro atoms. The predicted octanol–water partition coefficient (Wildman–Crippen LogP) is 4.32. The molecule has 0 aliphatic rings. The molecular formula is C23H21N3O3. The maximum atomic E-state index is 12.7. The Kier molecular flexibility index (Phi) is 5.24. The normalized spacial score (nSPS) is 11.9. The van der Waals surface area contributed by atoms with Gasteiger partial charge in [0.25, 0.3) is 5.91 Å². The Bertz CT molecular complexity index is 1120. The zero-order valence-electron chi connectivity index (χ0n) is 16.3. The minimum Gasteiger partial charge on any atom is -0.481 e. The van der Waals surface area contributed by atoms with Crippen LogP contribution in [0.5, 0.6) is 5.75 Å². The molecule has 6 nitrogen and oxygen atoms in total. The van der Waals surface area contributed by atoms with E-state index >= 15 is 0 Å². The summed E-state index contributed by atoms with van der Waals surface area (Å²) in [4.78, 5) is 18.6. The van der Waals surface area contributed by atoms with Gasteiger partial charge < -0.3 is 14.2 Å². The number of carbonyl (C=O) groups is 1. The molecule has 0 radical (unpaired) electrons. The highest BCUT2D eigenvalue weighted by Gasteiger charge is 2.21. The summed E-state index contributed by atoms with van der Waals surface area (Å²) in [5, 5.41) is 6.18. The molecule has 0 saturated carbocycles. The first-order valence-corrected chi connectivity index (χ1v) is 9.38. The number of hydrogen-bond acceptors (Lipinski definition) is 5. The second kappa shape index (κ2) is 8.14. The number of fused-ring (bicyclic) bond motifs is 1. The Balaban J connectivity index is 1.40. The van der Waals surface area contributed by atoms with Crippen molar-refractivity contribution < 1.29 is 14.1 Å². The van der Waals surface area contributed by atoms with Crippen LogP contribution in [-0.2, 0) is 11.3 Å². The lowest BCUT2D eigenvalue weighted by atomic mass is 10.1. The molecule has 0 unspecified atom stereocenters. The largest absolute Gasteiger partial charge is 0.481 e. The number of hydrogen-bond donors (Lipinski definition) is 0. The lowest BCUT2D eigenvalue weighted by Crippen LogP contribution is -2.37. The molecule has 1 amide bonds. The standard InChI is InChI=1S/C23H21N3O3/c1-16(28-20-13-12-17-8-6-7-11-19(17)14-20)23(27)26(2)15-21-24-22(25-29-21)18-9-4-3-5-10-18/h3-14,16H,15H2,1-2H3/t16-/m0/s1. The molecule has 0 aliphatic heterocycles. The van der Waals surface area contributed by atoms with E-state index in [4.69, 9.17) is 9.26 Å². The van der Waals surface area contributed by atoms with Gasteiger partial charge in [0.15, 0.2) is 6.10 Å². The molecule has 0 N–H and O–H groups in total. The topological polar surface area (TPSA) is 68.5 Å². The lowest BCUT2D eigenvalue weighted by molar-refractivity contribution is -0.137. The zero-order valence-corrected chi connectivity index (χ0v) is 16.3. The molecule has 146 valence electrons. The summed E-state index contributed by atoms with van der Waals surface area (Å²) >= 11 is 0. The van der Waals surface area contributed by atoms with Gasteiger partial charge in [-0.1, -0.05) is 65.8 Å². The molecule has 0 saturated heterocycles. The maximum Gasteiger partial charge on any atom is 0.263 e. The first-order valence-electron chi connectivity index (χ1n) is 9.38. The predicted molar refractivity (Wildman–Crippen MR) is 110 cm³/mol. The van der Waals surface area contributed by atoms with Crippen LogP contribution in [-0.4, -0.2) is 34.1 Å². The van der Waals surface area contributed by atoms with Crippen LogP contribution in [0.25, 0.3) is 22.2 Å². The van der Waals surface area contributed by atoms with Crippen molar-refractivity contribution in [2.45, 2.75) is 19.6 Å². The molecular weight excluding hydrogens is 366 g/mol. The molecule has 0 aliphatic carbocycles. The lowest BCUT2D eigenvalue weighted by Gasteiger charge is -2.21. The van der Waals surface area contributed by atoms with Crippen molar-refractivity contribution in [1.82, 2.24) is 15.0 Å². The van der Waals surface area contributed by atoms with Crippen LogP contribution in [0, 0.1) is 0 Å². The van der Waals surface area contributed by atoms with Crippen molar-refractivity contribution in [2.75, 3.05) is 7.05 Å². The SMILES string of the molecule is C[C@H](Oc1ccc2ccccc2c1)C(=O)N(C)Cc1nc(-c2ccccc2)no1. The first-order chi connectivity index (χ1) is 14.1. The van der Waals surface area contributed by atoms with Crippen molar-refractivity contribution in [1.29, 1.82) is 0 Å². The van der Waals surface area contributed by atoms with Crippen molar-refractivity contribution in [2.24, 2.45) is 0 Å². The molecule has 0 bridgehead atoms. The van der Waals surface area contributed by atoms with Gasteiger partial charge in [0, 0.05) is 12.6 Å². The Morgan fingerprint density at radius 1 is 1.03 bits per heavy atom. The Morgan fingerprint density at radius 2 is 1.76 bits per heavy atom. The number of likely N-dealkylation sites (N-methyl/N-ethyl adjacent to an activating group) is 1. The fourth-order valence-corrected chi connectivity index (χ4v) is 3.11. The highest BCUT2D eigenvalue weighted by atomic mass is 16.5. The molecule has 0 fully saturated rings. The van der Waals surface area contributed by atoms with Crippen LogP contribution in [0.1, 0.15) is 12.8 Å². The number of benzene rings is 3. The summed E-state index contributed by atoms with van der Waals surface area (Å²) < 4.78 is 11.2. The van der Waals surface area contributed by atoms with E-state index in [1.807, 2.05) is 72.8 Å². The average molecular weight is 387 g/mol. The molecule has 29 heavy (non-hydrogen) atoms. The molecule has 4 aromatic rings. The zero-order chi connectivity index (χ0) is 20.2. The Labute approximate surface area is 168 Å². The van der Waals surface area contributed by atoms with E-state index in [-0.39, 0.29) is 12.5 Å². The van der Waals surface area contributed by atoms with Gasteiger partial charge in [-0.25, -0.2) is 0 Å². The van der Waals surface area contributed by atoms with Crippen LogP contribution in [0.3, 0.4) is 0 Å². The van der Waals surface area contributed by atoms with Crippen LogP contribution in [0.4, 0.5) is 0 Å². The third-order valence-electron chi connectivity index (χ3n) is 4.63. The van der Waals surface area contributed by atoms with Crippen LogP contribution in [0.15, 0.2) is 77.3 Å². The van der Waals surface area contributed by atoms with Gasteiger partial charge in [0.1, 0.15) is 5.75 Å². The Morgan fingerprint density at radius 3 is 2.55 bits per heavy atom. The number of ether oxygens (including phenoxy) is 1. The third-order valence-corrected chi connectivity index (χ3v) is 4.63. The van der Waals surface area contributed by atoms with Gasteiger partial charge in [-0.3, -0.25) is 4.79 Å². The molecule has 1 heterocycles. The Hall–Kier alpha value is -3.67. The molecule has 1 atom stereocenters. The van der Waals surface area contributed by atoms with E-state index in [9.17, 15) is 4.79 Å². The van der Waals surface area contributed by atoms with Crippen LogP contribution >= 0.6 is 0 Å². The molecule has 6 heteroatoms. The summed E-state index contributed by atoms with van der Waals surface area (Å²) in [7, 11) is 1.69. The highest BCUT2D eigenvalue weighted by Crippen LogP contribution is 2.22. The number of rotatable bonds is 6. The van der Waals surface area contributed by atoms with Crippen molar-refractivity contribution in [3.63, 3.8) is 0 Å². The minimum atomic E-state index is -0.641. The second-order valence-electron chi connectivity index (χ2n) is 6.84. The van der Waals surface area contributed by atoms with E-state index in [1.165, 1.54) is 4.90 Å². The van der Waals surface area contributed by atoms with Crippen LogP contribution in [0.2, 0.25) is 0 Å². The second-order valence-corrected chi connectivity index (χ2v) is 6.84. The van der Waals surface area contributed by atoms with Crippen LogP contribution < -0.4 is 4.74 Å². The molecule has 4 rings (SSSR count). The maximum absolute atomic E-state index is 12.7. The van der Waals surface area contributed by atoms with E-state index in [2.05, 4.69) is 10.1 Å². The number of carbonyl (C=O) groups excluding carboxylic acids is 1. The van der Waals surface area contributed by atoms with E-state index in [0.29, 0.717) is 17.5 Å². The van der Waals surface area contributed by atoms with E-state index < -0.39 is 6.10 Å². The number of amides is 1. The molecule has 1 aromatic heterocycles. The first kappa shape index (κ1) is 18.7. The minimum absolute atomic E-state index is 0.169. The van der Waals surface area contributed by atoms with Crippen molar-refractivity contribution >= 4 is 16.7 Å². The number of nitrogens with zero attached hydrogens (tertiary/aromatic N) is 3. The highest BCUT2D eigenvalue weighted by molar-refractivity contribution is 5.84.